The average molecular weight is 248 g/mol. The third-order valence-electron chi connectivity index (χ3n) is 3.05. The van der Waals surface area contributed by atoms with Crippen molar-refractivity contribution >= 4 is 11.6 Å². The molecule has 1 aromatic carbocycles. The van der Waals surface area contributed by atoms with Gasteiger partial charge in [0.2, 0.25) is 5.91 Å². The van der Waals surface area contributed by atoms with E-state index in [9.17, 15) is 4.79 Å². The number of ether oxygens (including phenoxy) is 1. The van der Waals surface area contributed by atoms with Gasteiger partial charge < -0.3 is 15.4 Å². The fraction of sp³-hybridized carbons (Fsp3) is 0.500. The molecular weight excluding hydrogens is 228 g/mol. The molecule has 0 bridgehead atoms. The summed E-state index contributed by atoms with van der Waals surface area (Å²) in [6, 6.07) is 8.10. The molecule has 1 unspecified atom stereocenters. The maximum Gasteiger partial charge on any atom is 0.226 e. The fourth-order valence-corrected chi connectivity index (χ4v) is 2.06. The van der Waals surface area contributed by atoms with Crippen LogP contribution in [0.1, 0.15) is 18.9 Å². The van der Waals surface area contributed by atoms with Crippen molar-refractivity contribution in [2.75, 3.05) is 25.1 Å². The summed E-state index contributed by atoms with van der Waals surface area (Å²) in [4.78, 5) is 11.9. The number of rotatable bonds is 4. The molecule has 0 spiro atoms. The molecule has 0 radical (unpaired) electrons. The number of morpholine rings is 1. The van der Waals surface area contributed by atoms with Gasteiger partial charge in [-0.25, -0.2) is 0 Å². The van der Waals surface area contributed by atoms with E-state index in [2.05, 4.69) is 23.6 Å². The molecule has 1 fully saturated rings. The van der Waals surface area contributed by atoms with E-state index in [1.54, 1.807) is 0 Å². The zero-order valence-electron chi connectivity index (χ0n) is 10.7. The van der Waals surface area contributed by atoms with E-state index < -0.39 is 0 Å². The van der Waals surface area contributed by atoms with Crippen LogP contribution in [0.4, 0.5) is 5.69 Å². The lowest BCUT2D eigenvalue weighted by atomic mass is 10.1. The van der Waals surface area contributed by atoms with Crippen LogP contribution in [0.25, 0.3) is 0 Å². The first-order chi connectivity index (χ1) is 8.78. The monoisotopic (exact) mass is 248 g/mol. The van der Waals surface area contributed by atoms with Crippen LogP contribution in [0.5, 0.6) is 0 Å². The second-order valence-electron chi connectivity index (χ2n) is 4.53. The van der Waals surface area contributed by atoms with Crippen molar-refractivity contribution < 1.29 is 9.53 Å². The number of hydrogen-bond donors (Lipinski definition) is 2. The number of carbonyl (C=O) groups is 1. The molecule has 0 aromatic heterocycles. The highest BCUT2D eigenvalue weighted by atomic mass is 16.5. The number of amides is 1. The summed E-state index contributed by atoms with van der Waals surface area (Å²) >= 11 is 0. The number of carbonyl (C=O) groups excluding carboxylic acids is 1. The van der Waals surface area contributed by atoms with Crippen LogP contribution < -0.4 is 10.6 Å². The Hall–Kier alpha value is -1.39. The minimum absolute atomic E-state index is 0.0336. The quantitative estimate of drug-likeness (QED) is 0.850. The molecule has 1 aromatic rings. The van der Waals surface area contributed by atoms with E-state index in [1.165, 1.54) is 5.56 Å². The smallest absolute Gasteiger partial charge is 0.226 e. The fourth-order valence-electron chi connectivity index (χ4n) is 2.06. The van der Waals surface area contributed by atoms with Gasteiger partial charge in [0.25, 0.3) is 0 Å². The SMILES string of the molecule is CCc1cccc(NC(=O)CC2COCCN2)c1. The van der Waals surface area contributed by atoms with E-state index in [1.807, 2.05) is 18.2 Å². The first kappa shape index (κ1) is 13.1. The molecule has 1 amide bonds. The van der Waals surface area contributed by atoms with Crippen LogP contribution in [0.2, 0.25) is 0 Å². The molecule has 0 aliphatic carbocycles. The molecule has 98 valence electrons. The molecule has 2 rings (SSSR count). The average Bonchev–Trinajstić information content (AvgIpc) is 2.40. The lowest BCUT2D eigenvalue weighted by molar-refractivity contribution is -0.117. The van der Waals surface area contributed by atoms with Crippen molar-refractivity contribution in [3.05, 3.63) is 29.8 Å². The molecule has 1 saturated heterocycles. The number of benzene rings is 1. The lowest BCUT2D eigenvalue weighted by Gasteiger charge is -2.23. The Morgan fingerprint density at radius 2 is 2.44 bits per heavy atom. The molecule has 2 N–H and O–H groups in total. The van der Waals surface area contributed by atoms with Crippen LogP contribution in [-0.2, 0) is 16.0 Å². The summed E-state index contributed by atoms with van der Waals surface area (Å²) in [6.45, 7) is 4.27. The van der Waals surface area contributed by atoms with Gasteiger partial charge >= 0.3 is 0 Å². The minimum Gasteiger partial charge on any atom is -0.378 e. The Morgan fingerprint density at radius 3 is 3.17 bits per heavy atom. The third kappa shape index (κ3) is 3.82. The number of aryl methyl sites for hydroxylation is 1. The van der Waals surface area contributed by atoms with E-state index >= 15 is 0 Å². The van der Waals surface area contributed by atoms with Crippen LogP contribution in [0.3, 0.4) is 0 Å². The van der Waals surface area contributed by atoms with Crippen molar-refractivity contribution in [1.29, 1.82) is 0 Å². The van der Waals surface area contributed by atoms with Gasteiger partial charge in [0, 0.05) is 24.7 Å². The van der Waals surface area contributed by atoms with E-state index in [0.29, 0.717) is 13.0 Å². The van der Waals surface area contributed by atoms with Crippen LogP contribution in [0.15, 0.2) is 24.3 Å². The summed E-state index contributed by atoms with van der Waals surface area (Å²) in [5.41, 5.74) is 2.10. The van der Waals surface area contributed by atoms with Crippen LogP contribution >= 0.6 is 0 Å². The molecule has 4 nitrogen and oxygen atoms in total. The van der Waals surface area contributed by atoms with Crippen molar-refractivity contribution in [3.63, 3.8) is 0 Å². The van der Waals surface area contributed by atoms with Gasteiger partial charge in [-0.1, -0.05) is 19.1 Å². The second kappa shape index (κ2) is 6.52. The van der Waals surface area contributed by atoms with Crippen molar-refractivity contribution in [3.8, 4) is 0 Å². The van der Waals surface area contributed by atoms with Gasteiger partial charge in [-0.3, -0.25) is 4.79 Å². The molecule has 1 aliphatic heterocycles. The van der Waals surface area contributed by atoms with Crippen molar-refractivity contribution in [2.45, 2.75) is 25.8 Å². The summed E-state index contributed by atoms with van der Waals surface area (Å²) in [5.74, 6) is 0.0336. The zero-order valence-corrected chi connectivity index (χ0v) is 10.7. The highest BCUT2D eigenvalue weighted by Crippen LogP contribution is 2.12. The maximum atomic E-state index is 11.9. The molecule has 0 saturated carbocycles. The van der Waals surface area contributed by atoms with Gasteiger partial charge in [-0.05, 0) is 24.1 Å². The Balaban J connectivity index is 1.85. The topological polar surface area (TPSA) is 50.4 Å². The summed E-state index contributed by atoms with van der Waals surface area (Å²) in [5, 5.41) is 6.20. The Kier molecular flexibility index (Phi) is 4.73. The molecular formula is C14H20N2O2. The largest absolute Gasteiger partial charge is 0.378 e. The summed E-state index contributed by atoms with van der Waals surface area (Å²) in [7, 11) is 0. The molecule has 18 heavy (non-hydrogen) atoms. The van der Waals surface area contributed by atoms with Gasteiger partial charge in [-0.2, -0.15) is 0 Å². The van der Waals surface area contributed by atoms with Gasteiger partial charge in [-0.15, -0.1) is 0 Å². The first-order valence-electron chi connectivity index (χ1n) is 6.48. The summed E-state index contributed by atoms with van der Waals surface area (Å²) in [6.07, 6.45) is 1.43. The van der Waals surface area contributed by atoms with E-state index in [0.717, 1.165) is 25.3 Å². The van der Waals surface area contributed by atoms with E-state index in [4.69, 9.17) is 4.74 Å². The first-order valence-corrected chi connectivity index (χ1v) is 6.48. The van der Waals surface area contributed by atoms with Crippen molar-refractivity contribution in [2.24, 2.45) is 0 Å². The predicted molar refractivity (Wildman–Crippen MR) is 71.7 cm³/mol. The Morgan fingerprint density at radius 1 is 1.56 bits per heavy atom. The lowest BCUT2D eigenvalue weighted by Crippen LogP contribution is -2.43. The number of nitrogens with one attached hydrogen (secondary N) is 2. The second-order valence-corrected chi connectivity index (χ2v) is 4.53. The van der Waals surface area contributed by atoms with Crippen LogP contribution in [-0.4, -0.2) is 31.7 Å². The summed E-state index contributed by atoms with van der Waals surface area (Å²) < 4.78 is 5.33. The highest BCUT2D eigenvalue weighted by Gasteiger charge is 2.16. The van der Waals surface area contributed by atoms with Gasteiger partial charge in [0.15, 0.2) is 0 Å². The molecule has 4 heteroatoms. The molecule has 1 atom stereocenters. The number of anilines is 1. The molecule has 1 aliphatic rings. The van der Waals surface area contributed by atoms with Gasteiger partial charge in [0.1, 0.15) is 0 Å². The van der Waals surface area contributed by atoms with Crippen molar-refractivity contribution in [1.82, 2.24) is 5.32 Å². The van der Waals surface area contributed by atoms with E-state index in [-0.39, 0.29) is 11.9 Å². The minimum atomic E-state index is 0.0336. The zero-order chi connectivity index (χ0) is 12.8. The standard InChI is InChI=1S/C14H20N2O2/c1-2-11-4-3-5-12(8-11)16-14(17)9-13-10-18-7-6-15-13/h3-5,8,13,15H,2,6-7,9-10H2,1H3,(H,16,17). The highest BCUT2D eigenvalue weighted by molar-refractivity contribution is 5.91. The van der Waals surface area contributed by atoms with Gasteiger partial charge in [0.05, 0.1) is 13.2 Å². The normalized spacial score (nSPS) is 19.5. The number of hydrogen-bond acceptors (Lipinski definition) is 3. The predicted octanol–water partition coefficient (Wildman–Crippen LogP) is 1.57. The van der Waals surface area contributed by atoms with Crippen LogP contribution in [0, 0.1) is 0 Å². The maximum absolute atomic E-state index is 11.9. The molecule has 1 heterocycles. The third-order valence-corrected chi connectivity index (χ3v) is 3.05. The Labute approximate surface area is 108 Å². The Bertz CT molecular complexity index is 401.